The standard InChI is InChI=1S/C19H27NO/c1-13-6-7-19-8-9-20(2)18(17(19)10-13)11-14-4-5-15(21-3)12-16(14)19/h4-5,12-13,17-18H,6-11H2,1-3H3/t13?,17-,18+,19-/m1/s1/i4D,5D,6D2,7D2,10D2,11D2,12D,13D,17D,18D. The van der Waals surface area contributed by atoms with Crippen LogP contribution in [0, 0.1) is 11.8 Å². The van der Waals surface area contributed by atoms with Gasteiger partial charge in [0.15, 0.2) is 0 Å². The van der Waals surface area contributed by atoms with Crippen LogP contribution in [0.25, 0.3) is 0 Å². The molecule has 1 saturated carbocycles. The number of likely N-dealkylation sites (tertiary alicyclic amines) is 1. The van der Waals surface area contributed by atoms with Gasteiger partial charge >= 0.3 is 0 Å². The van der Waals surface area contributed by atoms with E-state index in [1.165, 1.54) is 7.05 Å². The second kappa shape index (κ2) is 4.74. The predicted molar refractivity (Wildman–Crippen MR) is 85.9 cm³/mol. The molecule has 0 radical (unpaired) electrons. The Hall–Kier alpha value is -1.02. The first-order valence-corrected chi connectivity index (χ1v) is 6.95. The third-order valence-corrected chi connectivity index (χ3v) is 4.31. The first kappa shape index (κ1) is 5.26. The molecule has 2 heteroatoms. The van der Waals surface area contributed by atoms with Gasteiger partial charge in [-0.3, -0.25) is 0 Å². The SMILES string of the molecule is [2H]c1c([2H])c2c(c([2H])c1OC)[C@@]13CCN(C)[C@@]([2H])(C2([2H])[2H])[C@@]1([2H])C([2H])([2H])C([2H])(C)C([2H])([2H])C3([2H])[2H]. The highest BCUT2D eigenvalue weighted by Crippen LogP contribution is 2.56. The van der Waals surface area contributed by atoms with Gasteiger partial charge in [0.25, 0.3) is 0 Å². The minimum absolute atomic E-state index is 0.249. The summed E-state index contributed by atoms with van der Waals surface area (Å²) in [5, 5.41) is 0. The van der Waals surface area contributed by atoms with E-state index < -0.39 is 90.1 Å². The lowest BCUT2D eigenvalue weighted by Crippen LogP contribution is -2.60. The van der Waals surface area contributed by atoms with Gasteiger partial charge in [-0.15, -0.1) is 0 Å². The van der Waals surface area contributed by atoms with E-state index in [1.54, 1.807) is 0 Å². The van der Waals surface area contributed by atoms with Crippen LogP contribution < -0.4 is 4.74 Å². The number of likely N-dealkylation sites (N-methyl/N-ethyl adjacent to an activating group) is 1. The van der Waals surface area contributed by atoms with Crippen molar-refractivity contribution in [2.75, 3.05) is 20.7 Å². The molecule has 2 aliphatic carbocycles. The van der Waals surface area contributed by atoms with Crippen molar-refractivity contribution in [3.8, 4) is 5.75 Å². The number of piperidine rings is 1. The second-order valence-electron chi connectivity index (χ2n) is 5.58. The Morgan fingerprint density at radius 3 is 3.19 bits per heavy atom. The van der Waals surface area contributed by atoms with Gasteiger partial charge in [0.2, 0.25) is 0 Å². The first-order valence-electron chi connectivity index (χ1n) is 14.0. The number of nitrogens with zero attached hydrogens (tertiary/aromatic N) is 1. The minimum Gasteiger partial charge on any atom is -0.497 e. The Labute approximate surface area is 148 Å². The summed E-state index contributed by atoms with van der Waals surface area (Å²) in [5.74, 6) is -6.66. The number of rotatable bonds is 1. The summed E-state index contributed by atoms with van der Waals surface area (Å²) in [6.07, 6.45) is -13.5. The fraction of sp³-hybridized carbons (Fsp3) is 0.684. The van der Waals surface area contributed by atoms with Crippen LogP contribution in [0.5, 0.6) is 5.75 Å². The van der Waals surface area contributed by atoms with Crippen molar-refractivity contribution in [1.29, 1.82) is 0 Å². The molecule has 1 aromatic carbocycles. The van der Waals surface area contributed by atoms with Gasteiger partial charge in [-0.05, 0) is 80.5 Å². The van der Waals surface area contributed by atoms with Crippen LogP contribution >= 0.6 is 0 Å². The lowest BCUT2D eigenvalue weighted by molar-refractivity contribution is -0.0112. The molecular weight excluding hydrogens is 258 g/mol. The fourth-order valence-electron chi connectivity index (χ4n) is 3.17. The van der Waals surface area contributed by atoms with Gasteiger partial charge in [0, 0.05) is 26.5 Å². The lowest BCUT2D eigenvalue weighted by Gasteiger charge is -2.59. The van der Waals surface area contributed by atoms with Crippen molar-refractivity contribution in [2.45, 2.75) is 50.3 Å². The van der Waals surface area contributed by atoms with Gasteiger partial charge in [-0.25, -0.2) is 0 Å². The monoisotopic (exact) mass is 299 g/mol. The topological polar surface area (TPSA) is 12.5 Å². The summed E-state index contributed by atoms with van der Waals surface area (Å²) in [4.78, 5) is 1.04. The highest BCUT2D eigenvalue weighted by atomic mass is 16.5. The highest BCUT2D eigenvalue weighted by molar-refractivity contribution is 5.45. The normalized spacial score (nSPS) is 68.3. The summed E-state index contributed by atoms with van der Waals surface area (Å²) in [6, 6.07) is -5.21. The Bertz CT molecular complexity index is 1140. The molecular formula is C19H27NO. The van der Waals surface area contributed by atoms with Crippen LogP contribution in [-0.4, -0.2) is 31.6 Å². The third-order valence-electron chi connectivity index (χ3n) is 4.31. The maximum Gasteiger partial charge on any atom is 0.119 e. The van der Waals surface area contributed by atoms with Gasteiger partial charge in [-0.1, -0.05) is 13.0 Å². The van der Waals surface area contributed by atoms with Gasteiger partial charge in [0.05, 0.1) is 11.2 Å². The third kappa shape index (κ3) is 1.88. The van der Waals surface area contributed by atoms with Gasteiger partial charge < -0.3 is 9.64 Å². The molecule has 4 atom stereocenters. The van der Waals surface area contributed by atoms with Crippen LogP contribution in [0.1, 0.15) is 62.8 Å². The molecule has 1 aromatic rings. The summed E-state index contributed by atoms with van der Waals surface area (Å²) >= 11 is 0. The first-order chi connectivity index (χ1) is 15.6. The van der Waals surface area contributed by atoms with Crippen LogP contribution in [0.15, 0.2) is 18.1 Å². The minimum atomic E-state index is -3.34. The van der Waals surface area contributed by atoms with E-state index in [4.69, 9.17) is 21.2 Å². The number of hydrogen-bond acceptors (Lipinski definition) is 2. The summed E-state index contributed by atoms with van der Waals surface area (Å²) in [5.41, 5.74) is -4.04. The molecule has 2 fully saturated rings. The van der Waals surface area contributed by atoms with Crippen LogP contribution in [-0.2, 0) is 11.8 Å². The Morgan fingerprint density at radius 1 is 1.52 bits per heavy atom. The van der Waals surface area contributed by atoms with E-state index in [2.05, 4.69) is 0 Å². The van der Waals surface area contributed by atoms with E-state index in [9.17, 15) is 2.74 Å². The van der Waals surface area contributed by atoms with Crippen molar-refractivity contribution in [3.05, 3.63) is 29.3 Å². The summed E-state index contributed by atoms with van der Waals surface area (Å²) in [7, 11) is 2.36. The zero-order valence-electron chi connectivity index (χ0n) is 26.3. The van der Waals surface area contributed by atoms with Crippen LogP contribution in [0.2, 0.25) is 0 Å². The maximum absolute atomic E-state index is 9.63. The molecule has 0 amide bonds. The van der Waals surface area contributed by atoms with Crippen molar-refractivity contribution in [3.63, 3.8) is 0 Å². The average molecular weight is 300 g/mol. The van der Waals surface area contributed by atoms with Gasteiger partial charge in [0.1, 0.15) is 5.75 Å². The van der Waals surface area contributed by atoms with Crippen LogP contribution in [0.4, 0.5) is 0 Å². The van der Waals surface area contributed by atoms with Crippen molar-refractivity contribution < 1.29 is 23.9 Å². The molecule has 2 nitrogen and oxygen atoms in total. The number of methoxy groups -OCH3 is 1. The Morgan fingerprint density at radius 2 is 2.38 bits per heavy atom. The van der Waals surface area contributed by atoms with E-state index >= 15 is 0 Å². The molecule has 21 heavy (non-hydrogen) atoms. The quantitative estimate of drug-likeness (QED) is 0.785. The van der Waals surface area contributed by atoms with Gasteiger partial charge in [-0.2, -0.15) is 0 Å². The summed E-state index contributed by atoms with van der Waals surface area (Å²) in [6.45, 7) is 0.560. The Kier molecular flexibility index (Phi) is 1.19. The molecule has 2 bridgehead atoms. The molecule has 3 aliphatic rings. The highest BCUT2D eigenvalue weighted by Gasteiger charge is 2.54. The molecule has 0 spiro atoms. The molecule has 114 valence electrons. The number of benzene rings is 1. The number of fused-ring (bicyclic) bond motifs is 1. The average Bonchev–Trinajstić information content (AvgIpc) is 2.73. The maximum atomic E-state index is 9.63. The molecule has 1 saturated heterocycles. The lowest BCUT2D eigenvalue weighted by atomic mass is 9.51. The van der Waals surface area contributed by atoms with E-state index in [-0.39, 0.29) is 6.54 Å². The van der Waals surface area contributed by atoms with E-state index in [0.29, 0.717) is 0 Å². The number of ether oxygens (including phenoxy) is 1. The molecule has 4 rings (SSSR count). The molecule has 1 heterocycles. The Balaban J connectivity index is 2.42. The smallest absolute Gasteiger partial charge is 0.119 e. The molecule has 1 unspecified atom stereocenters. The van der Waals surface area contributed by atoms with Crippen molar-refractivity contribution in [2.24, 2.45) is 11.8 Å². The molecule has 1 aliphatic heterocycles. The van der Waals surface area contributed by atoms with Crippen LogP contribution in [0.3, 0.4) is 0 Å². The molecule has 0 N–H and O–H groups in total. The second-order valence-corrected chi connectivity index (χ2v) is 5.58. The number of hydrogen-bond donors (Lipinski definition) is 0. The predicted octanol–water partition coefficient (Wildman–Crippen LogP) is 3.63. The van der Waals surface area contributed by atoms with Crippen molar-refractivity contribution in [1.82, 2.24) is 4.90 Å². The molecule has 0 aromatic heterocycles. The fourth-order valence-corrected chi connectivity index (χ4v) is 3.17. The zero-order valence-corrected chi connectivity index (χ0v) is 12.3. The summed E-state index contributed by atoms with van der Waals surface area (Å²) < 4.78 is 130. The van der Waals surface area contributed by atoms with Crippen molar-refractivity contribution >= 4 is 0 Å². The van der Waals surface area contributed by atoms with E-state index in [0.717, 1.165) is 18.9 Å². The van der Waals surface area contributed by atoms with E-state index in [1.807, 2.05) is 0 Å². The zero-order chi connectivity index (χ0) is 27.2. The largest absolute Gasteiger partial charge is 0.497 e.